The van der Waals surface area contributed by atoms with E-state index in [1.165, 1.54) is 5.56 Å². The number of hydrogen-bond acceptors (Lipinski definition) is 3. The molecule has 4 heteroatoms. The van der Waals surface area contributed by atoms with Crippen molar-refractivity contribution in [1.82, 2.24) is 5.32 Å². The Morgan fingerprint density at radius 2 is 1.75 bits per heavy atom. The van der Waals surface area contributed by atoms with Gasteiger partial charge in [-0.2, -0.15) is 0 Å². The lowest BCUT2D eigenvalue weighted by Crippen LogP contribution is -2.29. The molecule has 0 aliphatic heterocycles. The molecule has 1 unspecified atom stereocenters. The average molecular weight is 297 g/mol. The van der Waals surface area contributed by atoms with Crippen molar-refractivity contribution in [1.29, 1.82) is 0 Å². The van der Waals surface area contributed by atoms with Gasteiger partial charge in [-0.15, -0.1) is 0 Å². The van der Waals surface area contributed by atoms with Gasteiger partial charge in [0.05, 0.1) is 11.5 Å². The Morgan fingerprint density at radius 1 is 1.10 bits per heavy atom. The second-order valence-electron chi connectivity index (χ2n) is 5.17. The smallest absolute Gasteiger partial charge is 0.152 e. The van der Waals surface area contributed by atoms with Crippen LogP contribution in [-0.4, -0.2) is 26.5 Å². The van der Waals surface area contributed by atoms with Crippen molar-refractivity contribution in [3.63, 3.8) is 0 Å². The Morgan fingerprint density at radius 3 is 2.25 bits per heavy atom. The lowest BCUT2D eigenvalue weighted by molar-refractivity contribution is 0.557. The van der Waals surface area contributed by atoms with E-state index in [-0.39, 0.29) is 11.8 Å². The van der Waals surface area contributed by atoms with Gasteiger partial charge in [0.2, 0.25) is 0 Å². The maximum Gasteiger partial charge on any atom is 0.152 e. The molecule has 20 heavy (non-hydrogen) atoms. The zero-order valence-electron chi connectivity index (χ0n) is 12.9. The van der Waals surface area contributed by atoms with Gasteiger partial charge in [-0.3, -0.25) is 0 Å². The quantitative estimate of drug-likeness (QED) is 0.762. The SMILES string of the molecule is CCCCS(=O)(=O)CC(NCC)c1ccc(CC)cc1. The fourth-order valence-electron chi connectivity index (χ4n) is 2.21. The summed E-state index contributed by atoms with van der Waals surface area (Å²) in [5.74, 6) is 0.477. The minimum absolute atomic E-state index is 0.104. The van der Waals surface area contributed by atoms with Gasteiger partial charge in [-0.1, -0.05) is 51.5 Å². The number of sulfone groups is 1. The van der Waals surface area contributed by atoms with Crippen LogP contribution in [-0.2, 0) is 16.3 Å². The molecule has 3 nitrogen and oxygen atoms in total. The number of rotatable bonds is 9. The van der Waals surface area contributed by atoms with Crippen LogP contribution in [0.2, 0.25) is 0 Å². The number of aryl methyl sites for hydroxylation is 1. The Bertz CT molecular complexity index is 480. The molecule has 0 radical (unpaired) electrons. The summed E-state index contributed by atoms with van der Waals surface area (Å²) in [4.78, 5) is 0. The van der Waals surface area contributed by atoms with Crippen LogP contribution < -0.4 is 5.32 Å². The first-order chi connectivity index (χ1) is 9.52. The van der Waals surface area contributed by atoms with Crippen LogP contribution in [0.5, 0.6) is 0 Å². The third kappa shape index (κ3) is 5.63. The van der Waals surface area contributed by atoms with E-state index in [2.05, 4.69) is 24.4 Å². The van der Waals surface area contributed by atoms with Crippen molar-refractivity contribution in [2.24, 2.45) is 0 Å². The first-order valence-electron chi connectivity index (χ1n) is 7.55. The predicted octanol–water partition coefficient (Wildman–Crippen LogP) is 3.11. The standard InChI is InChI=1S/C16H27NO2S/c1-4-7-12-20(18,19)13-16(17-6-3)15-10-8-14(5-2)9-11-15/h8-11,16-17H,4-7,12-13H2,1-3H3. The zero-order chi connectivity index (χ0) is 15.0. The Kier molecular flexibility index (Phi) is 7.24. The molecule has 0 aliphatic carbocycles. The maximum absolute atomic E-state index is 12.1. The third-order valence-corrected chi connectivity index (χ3v) is 5.22. The molecule has 1 aromatic rings. The van der Waals surface area contributed by atoms with E-state index >= 15 is 0 Å². The van der Waals surface area contributed by atoms with E-state index in [0.29, 0.717) is 5.75 Å². The minimum atomic E-state index is -2.99. The van der Waals surface area contributed by atoms with Gasteiger partial charge >= 0.3 is 0 Å². The Hall–Kier alpha value is -0.870. The minimum Gasteiger partial charge on any atom is -0.309 e. The van der Waals surface area contributed by atoms with Crippen LogP contribution in [0.4, 0.5) is 0 Å². The van der Waals surface area contributed by atoms with E-state index in [9.17, 15) is 8.42 Å². The van der Waals surface area contributed by atoms with Gasteiger partial charge < -0.3 is 5.32 Å². The molecule has 1 aromatic carbocycles. The van der Waals surface area contributed by atoms with E-state index in [0.717, 1.165) is 31.4 Å². The third-order valence-electron chi connectivity index (χ3n) is 3.47. The maximum atomic E-state index is 12.1. The Balaban J connectivity index is 2.82. The number of unbranched alkanes of at least 4 members (excludes halogenated alkanes) is 1. The van der Waals surface area contributed by atoms with Gasteiger partial charge in [-0.25, -0.2) is 8.42 Å². The van der Waals surface area contributed by atoms with Crippen molar-refractivity contribution in [3.05, 3.63) is 35.4 Å². The fraction of sp³-hybridized carbons (Fsp3) is 0.625. The number of nitrogens with one attached hydrogen (secondary N) is 1. The van der Waals surface area contributed by atoms with E-state index in [4.69, 9.17) is 0 Å². The first kappa shape index (κ1) is 17.2. The topological polar surface area (TPSA) is 46.2 Å². The molecular formula is C16H27NO2S. The molecule has 1 rings (SSSR count). The normalized spacial score (nSPS) is 13.3. The zero-order valence-corrected chi connectivity index (χ0v) is 13.7. The van der Waals surface area contributed by atoms with Crippen LogP contribution >= 0.6 is 0 Å². The second kappa shape index (κ2) is 8.42. The molecule has 0 saturated carbocycles. The van der Waals surface area contributed by atoms with Crippen LogP contribution in [0.25, 0.3) is 0 Å². The summed E-state index contributed by atoms with van der Waals surface area (Å²) in [7, 11) is -2.99. The summed E-state index contributed by atoms with van der Waals surface area (Å²) in [6.45, 7) is 6.91. The largest absolute Gasteiger partial charge is 0.309 e. The number of benzene rings is 1. The Labute approximate surface area is 123 Å². The molecule has 0 amide bonds. The van der Waals surface area contributed by atoms with Crippen LogP contribution in [0.1, 0.15) is 50.8 Å². The second-order valence-corrected chi connectivity index (χ2v) is 7.40. The summed E-state index contributed by atoms with van der Waals surface area (Å²) >= 11 is 0. The van der Waals surface area contributed by atoms with Crippen molar-refractivity contribution < 1.29 is 8.42 Å². The van der Waals surface area contributed by atoms with E-state index < -0.39 is 9.84 Å². The number of hydrogen-bond donors (Lipinski definition) is 1. The van der Waals surface area contributed by atoms with Gasteiger partial charge in [0.25, 0.3) is 0 Å². The highest BCUT2D eigenvalue weighted by Crippen LogP contribution is 2.17. The van der Waals surface area contributed by atoms with Gasteiger partial charge in [0.1, 0.15) is 0 Å². The molecule has 0 aromatic heterocycles. The van der Waals surface area contributed by atoms with E-state index in [1.54, 1.807) is 0 Å². The van der Waals surface area contributed by atoms with Crippen molar-refractivity contribution >= 4 is 9.84 Å². The highest BCUT2D eigenvalue weighted by atomic mass is 32.2. The molecule has 0 bridgehead atoms. The molecule has 0 fully saturated rings. The fourth-order valence-corrected chi connectivity index (χ4v) is 3.92. The van der Waals surface area contributed by atoms with Gasteiger partial charge in [-0.05, 0) is 30.5 Å². The van der Waals surface area contributed by atoms with Crippen LogP contribution in [0.15, 0.2) is 24.3 Å². The monoisotopic (exact) mass is 297 g/mol. The van der Waals surface area contributed by atoms with Gasteiger partial charge in [0.15, 0.2) is 9.84 Å². The summed E-state index contributed by atoms with van der Waals surface area (Å²) in [5, 5.41) is 3.29. The summed E-state index contributed by atoms with van der Waals surface area (Å²) < 4.78 is 24.3. The first-order valence-corrected chi connectivity index (χ1v) is 9.37. The molecule has 114 valence electrons. The summed E-state index contributed by atoms with van der Waals surface area (Å²) in [5.41, 5.74) is 2.34. The molecular weight excluding hydrogens is 270 g/mol. The summed E-state index contributed by atoms with van der Waals surface area (Å²) in [6.07, 6.45) is 2.66. The molecule has 0 spiro atoms. The highest BCUT2D eigenvalue weighted by molar-refractivity contribution is 7.91. The predicted molar refractivity (Wildman–Crippen MR) is 85.8 cm³/mol. The molecule has 0 heterocycles. The van der Waals surface area contributed by atoms with Crippen LogP contribution in [0.3, 0.4) is 0 Å². The average Bonchev–Trinajstić information content (AvgIpc) is 2.45. The molecule has 1 N–H and O–H groups in total. The van der Waals surface area contributed by atoms with Crippen LogP contribution in [0, 0.1) is 0 Å². The van der Waals surface area contributed by atoms with Crippen molar-refractivity contribution in [2.75, 3.05) is 18.1 Å². The molecule has 1 atom stereocenters. The van der Waals surface area contributed by atoms with Crippen molar-refractivity contribution in [2.45, 2.75) is 46.1 Å². The highest BCUT2D eigenvalue weighted by Gasteiger charge is 2.19. The van der Waals surface area contributed by atoms with Crippen molar-refractivity contribution in [3.8, 4) is 0 Å². The molecule has 0 saturated heterocycles. The lowest BCUT2D eigenvalue weighted by atomic mass is 10.1. The molecule has 0 aliphatic rings. The summed E-state index contributed by atoms with van der Waals surface area (Å²) in [6, 6.07) is 8.15. The lowest BCUT2D eigenvalue weighted by Gasteiger charge is -2.19. The van der Waals surface area contributed by atoms with E-state index in [1.807, 2.05) is 26.0 Å². The van der Waals surface area contributed by atoms with Gasteiger partial charge in [0, 0.05) is 6.04 Å².